The van der Waals surface area contributed by atoms with Gasteiger partial charge in [-0.25, -0.2) is 10.2 Å². The van der Waals surface area contributed by atoms with Crippen molar-refractivity contribution in [2.24, 2.45) is 0 Å². The summed E-state index contributed by atoms with van der Waals surface area (Å²) in [6.07, 6.45) is 9.59. The van der Waals surface area contributed by atoms with Crippen molar-refractivity contribution in [1.29, 1.82) is 0 Å². The summed E-state index contributed by atoms with van der Waals surface area (Å²) >= 11 is 0. The second-order valence-corrected chi connectivity index (χ2v) is 10.7. The van der Waals surface area contributed by atoms with E-state index >= 15 is 0 Å². The molecule has 2 heterocycles. The Kier molecular flexibility index (Phi) is 8.15. The van der Waals surface area contributed by atoms with Gasteiger partial charge in [0, 0.05) is 33.5 Å². The number of amides is 1. The summed E-state index contributed by atoms with van der Waals surface area (Å²) in [4.78, 5) is 27.4. The number of hydroxylamine groups is 1. The smallest absolute Gasteiger partial charge is 0.267 e. The number of nitrogens with one attached hydrogen (secondary N) is 2. The maximum atomic E-state index is 13.5. The van der Waals surface area contributed by atoms with Gasteiger partial charge in [0.2, 0.25) is 5.62 Å². The van der Waals surface area contributed by atoms with Gasteiger partial charge in [0.15, 0.2) is 0 Å². The molecule has 2 aromatic carbocycles. The zero-order chi connectivity index (χ0) is 27.1. The SMILES string of the molecule is C=CC(/C=C\C)=S(=O)(C=O)c1ccc(CC(c2cc3ccccc3[nH]2)n2cc(C=CC(=O)NO)nn2)cc1. The van der Waals surface area contributed by atoms with Crippen molar-refractivity contribution in [3.63, 3.8) is 0 Å². The highest BCUT2D eigenvalue weighted by atomic mass is 32.2. The molecule has 0 bridgehead atoms. The molecule has 0 aliphatic heterocycles. The van der Waals surface area contributed by atoms with Crippen molar-refractivity contribution in [1.82, 2.24) is 25.5 Å². The molecule has 38 heavy (non-hydrogen) atoms. The van der Waals surface area contributed by atoms with Crippen LogP contribution < -0.4 is 5.48 Å². The van der Waals surface area contributed by atoms with E-state index in [2.05, 4.69) is 21.9 Å². The summed E-state index contributed by atoms with van der Waals surface area (Å²) in [5.41, 5.74) is 5.25. The minimum atomic E-state index is -3.10. The molecule has 0 radical (unpaired) electrons. The van der Waals surface area contributed by atoms with Crippen LogP contribution in [0.2, 0.25) is 0 Å². The Morgan fingerprint density at radius 3 is 2.63 bits per heavy atom. The molecule has 10 heteroatoms. The molecule has 4 rings (SSSR count). The molecule has 4 aromatic rings. The van der Waals surface area contributed by atoms with E-state index in [0.29, 0.717) is 27.5 Å². The first-order valence-corrected chi connectivity index (χ1v) is 13.4. The number of allylic oxidation sites excluding steroid dienone is 3. The number of aromatic nitrogens is 4. The van der Waals surface area contributed by atoms with Crippen LogP contribution in [0.3, 0.4) is 0 Å². The van der Waals surface area contributed by atoms with E-state index in [9.17, 15) is 13.8 Å². The molecule has 2 unspecified atom stereocenters. The van der Waals surface area contributed by atoms with Crippen LogP contribution in [0.15, 0.2) is 96.6 Å². The Labute approximate surface area is 220 Å². The quantitative estimate of drug-likeness (QED) is 0.0940. The number of rotatable bonds is 10. The normalized spacial score (nSPS) is 13.9. The maximum Gasteiger partial charge on any atom is 0.267 e. The summed E-state index contributed by atoms with van der Waals surface area (Å²) in [5.74, 6) is -0.676. The van der Waals surface area contributed by atoms with Crippen molar-refractivity contribution in [2.45, 2.75) is 24.3 Å². The van der Waals surface area contributed by atoms with Crippen LogP contribution in [0.1, 0.15) is 29.9 Å². The lowest BCUT2D eigenvalue weighted by atomic mass is 10.0. The van der Waals surface area contributed by atoms with E-state index < -0.39 is 15.4 Å². The number of nitrogens with zero attached hydrogens (tertiary/aromatic N) is 3. The van der Waals surface area contributed by atoms with Crippen LogP contribution in [-0.2, 0) is 25.5 Å². The van der Waals surface area contributed by atoms with Crippen LogP contribution in [0, 0.1) is 0 Å². The summed E-state index contributed by atoms with van der Waals surface area (Å²) in [5, 5.41) is 18.1. The van der Waals surface area contributed by atoms with Crippen LogP contribution >= 0.6 is 0 Å². The number of carbonyl (C=O) groups is 2. The Bertz CT molecular complexity index is 1620. The van der Waals surface area contributed by atoms with Crippen LogP contribution in [0.4, 0.5) is 0 Å². The molecule has 3 N–H and O–H groups in total. The lowest BCUT2D eigenvalue weighted by Gasteiger charge is -2.16. The monoisotopic (exact) mass is 529 g/mol. The summed E-state index contributed by atoms with van der Waals surface area (Å²) in [6.45, 7) is 5.49. The molecule has 0 fully saturated rings. The molecular weight excluding hydrogens is 502 g/mol. The molecule has 0 aliphatic carbocycles. The third kappa shape index (κ3) is 5.56. The van der Waals surface area contributed by atoms with Gasteiger partial charge in [-0.15, -0.1) is 5.10 Å². The molecule has 2 atom stereocenters. The number of H-pyrrole nitrogens is 1. The minimum absolute atomic E-state index is 0.289. The van der Waals surface area contributed by atoms with Gasteiger partial charge < -0.3 is 4.98 Å². The van der Waals surface area contributed by atoms with Crippen LogP contribution in [0.25, 0.3) is 17.0 Å². The van der Waals surface area contributed by atoms with E-state index in [4.69, 9.17) is 5.21 Å². The molecule has 0 spiro atoms. The number of aromatic amines is 1. The highest BCUT2D eigenvalue weighted by Gasteiger charge is 2.20. The van der Waals surface area contributed by atoms with E-state index in [0.717, 1.165) is 28.2 Å². The predicted molar refractivity (Wildman–Crippen MR) is 149 cm³/mol. The second-order valence-electron chi connectivity index (χ2n) is 8.41. The van der Waals surface area contributed by atoms with E-state index in [-0.39, 0.29) is 6.04 Å². The van der Waals surface area contributed by atoms with Crippen LogP contribution in [0.5, 0.6) is 0 Å². The highest BCUT2D eigenvalue weighted by molar-refractivity contribution is 8.14. The third-order valence-electron chi connectivity index (χ3n) is 5.99. The molecule has 1 amide bonds. The Morgan fingerprint density at radius 1 is 1.21 bits per heavy atom. The topological polar surface area (TPSA) is 130 Å². The Balaban J connectivity index is 1.72. The molecule has 0 saturated carbocycles. The number of hydrogen-bond acceptors (Lipinski definition) is 6. The van der Waals surface area contributed by atoms with Crippen LogP contribution in [-0.4, -0.2) is 45.8 Å². The van der Waals surface area contributed by atoms with Gasteiger partial charge in [-0.05, 0) is 48.2 Å². The maximum absolute atomic E-state index is 13.5. The molecule has 0 aliphatic rings. The number of carbonyl (C=O) groups excluding carboxylic acids is 2. The number of fused-ring (bicyclic) bond motifs is 1. The zero-order valence-corrected chi connectivity index (χ0v) is 21.5. The van der Waals surface area contributed by atoms with Gasteiger partial charge in [0.1, 0.15) is 5.69 Å². The predicted octanol–water partition coefficient (Wildman–Crippen LogP) is 3.88. The van der Waals surface area contributed by atoms with E-state index in [1.54, 1.807) is 42.1 Å². The van der Waals surface area contributed by atoms with Crippen molar-refractivity contribution >= 4 is 42.9 Å². The van der Waals surface area contributed by atoms with Gasteiger partial charge in [-0.3, -0.25) is 19.0 Å². The summed E-state index contributed by atoms with van der Waals surface area (Å²) in [6, 6.07) is 16.8. The molecule has 9 nitrogen and oxygen atoms in total. The Hall–Kier alpha value is -4.54. The number of benzene rings is 2. The summed E-state index contributed by atoms with van der Waals surface area (Å²) in [7, 11) is -3.10. The van der Waals surface area contributed by atoms with Gasteiger partial charge in [-0.2, -0.15) is 0 Å². The fraction of sp³-hybridized carbons (Fsp3) is 0.107. The van der Waals surface area contributed by atoms with Gasteiger partial charge in [-0.1, -0.05) is 60.4 Å². The number of hydrogen-bond donors (Lipinski definition) is 3. The van der Waals surface area contributed by atoms with E-state index in [1.807, 2.05) is 42.5 Å². The molecule has 2 aromatic heterocycles. The van der Waals surface area contributed by atoms with Crippen molar-refractivity contribution in [3.8, 4) is 0 Å². The first kappa shape index (κ1) is 26.5. The fourth-order valence-electron chi connectivity index (χ4n) is 4.09. The second kappa shape index (κ2) is 11.7. The average molecular weight is 530 g/mol. The lowest BCUT2D eigenvalue weighted by molar-refractivity contribution is -0.124. The zero-order valence-electron chi connectivity index (χ0n) is 20.7. The lowest BCUT2D eigenvalue weighted by Crippen LogP contribution is -2.15. The molecule has 194 valence electrons. The minimum Gasteiger partial charge on any atom is -0.357 e. The highest BCUT2D eigenvalue weighted by Crippen LogP contribution is 2.27. The van der Waals surface area contributed by atoms with Gasteiger partial charge in [0.25, 0.3) is 5.91 Å². The van der Waals surface area contributed by atoms with Gasteiger partial charge >= 0.3 is 0 Å². The van der Waals surface area contributed by atoms with Gasteiger partial charge in [0.05, 0.1) is 21.8 Å². The first-order valence-electron chi connectivity index (χ1n) is 11.7. The van der Waals surface area contributed by atoms with Crippen molar-refractivity contribution in [2.75, 3.05) is 0 Å². The molecule has 0 saturated heterocycles. The largest absolute Gasteiger partial charge is 0.357 e. The Morgan fingerprint density at radius 2 is 1.97 bits per heavy atom. The summed E-state index contributed by atoms with van der Waals surface area (Å²) < 4.78 is 15.2. The molecular formula is C28H27N5O4S. The standard InChI is InChI=1S/C28H27N5O4S/c1-3-7-23(4-2)38(37,19-34)24-13-10-20(11-14-24)16-27(26-17-21-8-5-6-9-25(21)29-26)33-18-22(30-32-33)12-15-28(35)31-36/h3-15,17-19,27,29,36H,2,16H2,1H3,(H,31,35)/b7-3-,15-12?. The average Bonchev–Trinajstić information content (AvgIpc) is 3.60. The van der Waals surface area contributed by atoms with Crippen molar-refractivity contribution in [3.05, 3.63) is 109 Å². The first-order chi connectivity index (χ1) is 18.4. The number of para-hydroxylation sites is 1. The van der Waals surface area contributed by atoms with E-state index in [1.165, 1.54) is 17.6 Å². The third-order valence-corrected chi connectivity index (χ3v) is 8.24. The fourth-order valence-corrected chi connectivity index (χ4v) is 5.71. The van der Waals surface area contributed by atoms with Crippen molar-refractivity contribution < 1.29 is 19.0 Å².